The number of rotatable bonds is 7. The van der Waals surface area contributed by atoms with E-state index in [4.69, 9.17) is 16.3 Å². The number of aromatic nitrogens is 3. The van der Waals surface area contributed by atoms with Gasteiger partial charge in [0.15, 0.2) is 0 Å². The highest BCUT2D eigenvalue weighted by Crippen LogP contribution is 2.12. The number of halogens is 1. The molecule has 0 bridgehead atoms. The lowest BCUT2D eigenvalue weighted by molar-refractivity contribution is 0.177. The van der Waals surface area contributed by atoms with Crippen LogP contribution in [0.4, 0.5) is 5.95 Å². The maximum atomic E-state index is 5.86. The SMILES string of the molecule is CCCNc1nc(Cl)nc(OCCN2CCCCC2)n1. The van der Waals surface area contributed by atoms with Gasteiger partial charge in [0.2, 0.25) is 11.2 Å². The third-order valence-electron chi connectivity index (χ3n) is 3.21. The van der Waals surface area contributed by atoms with Gasteiger partial charge in [0.05, 0.1) is 0 Å². The van der Waals surface area contributed by atoms with E-state index in [1.807, 2.05) is 0 Å². The molecule has 2 rings (SSSR count). The van der Waals surface area contributed by atoms with Crippen LogP contribution in [0.2, 0.25) is 5.28 Å². The van der Waals surface area contributed by atoms with E-state index in [-0.39, 0.29) is 5.28 Å². The molecule has 0 saturated carbocycles. The molecular formula is C13H22ClN5O. The van der Waals surface area contributed by atoms with Crippen LogP contribution < -0.4 is 10.1 Å². The summed E-state index contributed by atoms with van der Waals surface area (Å²) in [5.74, 6) is 0.472. The topological polar surface area (TPSA) is 63.2 Å². The second-order valence-electron chi connectivity index (χ2n) is 4.89. The summed E-state index contributed by atoms with van der Waals surface area (Å²) in [6, 6.07) is 0.292. The first-order chi connectivity index (χ1) is 9.78. The van der Waals surface area contributed by atoms with Gasteiger partial charge in [-0.25, -0.2) is 0 Å². The van der Waals surface area contributed by atoms with Crippen LogP contribution in [0.3, 0.4) is 0 Å². The van der Waals surface area contributed by atoms with E-state index in [2.05, 4.69) is 32.1 Å². The lowest BCUT2D eigenvalue weighted by atomic mass is 10.1. The Kier molecular flexibility index (Phi) is 6.26. The molecule has 0 aromatic carbocycles. The molecule has 1 aromatic rings. The quantitative estimate of drug-likeness (QED) is 0.833. The van der Waals surface area contributed by atoms with Gasteiger partial charge in [-0.2, -0.15) is 15.0 Å². The standard InChI is InChI=1S/C13H22ClN5O/c1-2-6-15-12-16-11(14)17-13(18-12)20-10-9-19-7-4-3-5-8-19/h2-10H2,1H3,(H,15,16,17,18). The van der Waals surface area contributed by atoms with E-state index in [1.54, 1.807) is 0 Å². The molecule has 0 amide bonds. The molecule has 0 unspecified atom stereocenters. The molecule has 1 aromatic heterocycles. The second-order valence-corrected chi connectivity index (χ2v) is 5.23. The van der Waals surface area contributed by atoms with E-state index < -0.39 is 0 Å². The van der Waals surface area contributed by atoms with Crippen LogP contribution >= 0.6 is 11.6 Å². The Morgan fingerprint density at radius 2 is 2.00 bits per heavy atom. The van der Waals surface area contributed by atoms with Crippen LogP contribution in [-0.2, 0) is 0 Å². The first kappa shape index (κ1) is 15.3. The van der Waals surface area contributed by atoms with Crippen molar-refractivity contribution in [2.75, 3.05) is 38.1 Å². The lowest BCUT2D eigenvalue weighted by Gasteiger charge is -2.25. The van der Waals surface area contributed by atoms with E-state index in [9.17, 15) is 0 Å². The molecule has 2 heterocycles. The number of nitrogens with one attached hydrogen (secondary N) is 1. The van der Waals surface area contributed by atoms with E-state index in [0.29, 0.717) is 18.6 Å². The van der Waals surface area contributed by atoms with Gasteiger partial charge in [0.25, 0.3) is 0 Å². The Labute approximate surface area is 124 Å². The summed E-state index contributed by atoms with van der Waals surface area (Å²) in [6.45, 7) is 6.67. The fraction of sp³-hybridized carbons (Fsp3) is 0.769. The number of likely N-dealkylation sites (tertiary alicyclic amines) is 1. The molecule has 112 valence electrons. The van der Waals surface area contributed by atoms with Gasteiger partial charge in [-0.05, 0) is 44.0 Å². The normalized spacial score (nSPS) is 16.1. The number of piperidine rings is 1. The van der Waals surface area contributed by atoms with Crippen molar-refractivity contribution < 1.29 is 4.74 Å². The van der Waals surface area contributed by atoms with Gasteiger partial charge in [0, 0.05) is 13.1 Å². The van der Waals surface area contributed by atoms with Crippen molar-refractivity contribution in [1.29, 1.82) is 0 Å². The van der Waals surface area contributed by atoms with Gasteiger partial charge in [-0.1, -0.05) is 13.3 Å². The van der Waals surface area contributed by atoms with Crippen LogP contribution in [0.15, 0.2) is 0 Å². The molecular weight excluding hydrogens is 278 g/mol. The van der Waals surface area contributed by atoms with Crippen molar-refractivity contribution in [1.82, 2.24) is 19.9 Å². The van der Waals surface area contributed by atoms with Crippen LogP contribution in [0.5, 0.6) is 6.01 Å². The zero-order chi connectivity index (χ0) is 14.2. The largest absolute Gasteiger partial charge is 0.462 e. The summed E-state index contributed by atoms with van der Waals surface area (Å²) in [6.07, 6.45) is 4.90. The minimum Gasteiger partial charge on any atom is -0.462 e. The van der Waals surface area contributed by atoms with E-state index in [0.717, 1.165) is 32.6 Å². The smallest absolute Gasteiger partial charge is 0.322 e. The Bertz CT molecular complexity index is 412. The number of hydrogen-bond acceptors (Lipinski definition) is 6. The number of anilines is 1. The van der Waals surface area contributed by atoms with Crippen LogP contribution in [0, 0.1) is 0 Å². The monoisotopic (exact) mass is 299 g/mol. The van der Waals surface area contributed by atoms with E-state index >= 15 is 0 Å². The maximum absolute atomic E-state index is 5.86. The summed E-state index contributed by atoms with van der Waals surface area (Å²) in [4.78, 5) is 14.6. The predicted molar refractivity (Wildman–Crippen MR) is 79.4 cm³/mol. The van der Waals surface area contributed by atoms with Crippen molar-refractivity contribution in [3.63, 3.8) is 0 Å². The zero-order valence-corrected chi connectivity index (χ0v) is 12.7. The third kappa shape index (κ3) is 5.09. The molecule has 1 aliphatic heterocycles. The summed E-state index contributed by atoms with van der Waals surface area (Å²) in [5.41, 5.74) is 0. The molecule has 0 spiro atoms. The Balaban J connectivity index is 1.80. The van der Waals surface area contributed by atoms with E-state index in [1.165, 1.54) is 19.3 Å². The van der Waals surface area contributed by atoms with Gasteiger partial charge in [0.1, 0.15) is 6.61 Å². The Morgan fingerprint density at radius 3 is 2.75 bits per heavy atom. The molecule has 1 aliphatic rings. The minimum absolute atomic E-state index is 0.159. The van der Waals surface area contributed by atoms with Crippen LogP contribution in [0.25, 0.3) is 0 Å². The average Bonchev–Trinajstić information content (AvgIpc) is 2.46. The molecule has 0 radical (unpaired) electrons. The Hall–Kier alpha value is -1.14. The predicted octanol–water partition coefficient (Wildman–Crippen LogP) is 2.21. The Morgan fingerprint density at radius 1 is 1.20 bits per heavy atom. The van der Waals surface area contributed by atoms with Crippen molar-refractivity contribution in [2.45, 2.75) is 32.6 Å². The van der Waals surface area contributed by atoms with Gasteiger partial charge >= 0.3 is 6.01 Å². The second kappa shape index (κ2) is 8.21. The minimum atomic E-state index is 0.159. The number of ether oxygens (including phenoxy) is 1. The third-order valence-corrected chi connectivity index (χ3v) is 3.38. The summed E-state index contributed by atoms with van der Waals surface area (Å²) < 4.78 is 5.58. The maximum Gasteiger partial charge on any atom is 0.322 e. The molecule has 1 N–H and O–H groups in total. The first-order valence-electron chi connectivity index (χ1n) is 7.28. The summed E-state index contributed by atoms with van der Waals surface area (Å²) in [5, 5.41) is 3.24. The summed E-state index contributed by atoms with van der Waals surface area (Å²) >= 11 is 5.86. The number of nitrogens with zero attached hydrogens (tertiary/aromatic N) is 4. The lowest BCUT2D eigenvalue weighted by Crippen LogP contribution is -2.33. The highest BCUT2D eigenvalue weighted by Gasteiger charge is 2.11. The van der Waals surface area contributed by atoms with Crippen molar-refractivity contribution in [3.05, 3.63) is 5.28 Å². The highest BCUT2D eigenvalue weighted by atomic mass is 35.5. The molecule has 1 saturated heterocycles. The zero-order valence-electron chi connectivity index (χ0n) is 11.9. The first-order valence-corrected chi connectivity index (χ1v) is 7.66. The molecule has 20 heavy (non-hydrogen) atoms. The number of hydrogen-bond donors (Lipinski definition) is 1. The molecule has 7 heteroatoms. The highest BCUT2D eigenvalue weighted by molar-refractivity contribution is 6.28. The molecule has 1 fully saturated rings. The fourth-order valence-corrected chi connectivity index (χ4v) is 2.31. The van der Waals surface area contributed by atoms with Gasteiger partial charge in [-0.15, -0.1) is 0 Å². The van der Waals surface area contributed by atoms with Crippen molar-refractivity contribution >= 4 is 17.5 Å². The average molecular weight is 300 g/mol. The molecule has 0 atom stereocenters. The van der Waals surface area contributed by atoms with Crippen LogP contribution in [-0.4, -0.2) is 52.6 Å². The van der Waals surface area contributed by atoms with Gasteiger partial charge < -0.3 is 10.1 Å². The summed E-state index contributed by atoms with van der Waals surface area (Å²) in [7, 11) is 0. The fourth-order valence-electron chi connectivity index (χ4n) is 2.16. The van der Waals surface area contributed by atoms with Gasteiger partial charge in [-0.3, -0.25) is 4.90 Å². The molecule has 0 aliphatic carbocycles. The molecule has 6 nitrogen and oxygen atoms in total. The van der Waals surface area contributed by atoms with Crippen molar-refractivity contribution in [3.8, 4) is 6.01 Å². The van der Waals surface area contributed by atoms with Crippen molar-refractivity contribution in [2.24, 2.45) is 0 Å². The van der Waals surface area contributed by atoms with Crippen LogP contribution in [0.1, 0.15) is 32.6 Å².